The average molecular weight is 397 g/mol. The summed E-state index contributed by atoms with van der Waals surface area (Å²) in [5.41, 5.74) is 7.21. The summed E-state index contributed by atoms with van der Waals surface area (Å²) in [5, 5.41) is 14.4. The highest BCUT2D eigenvalue weighted by molar-refractivity contribution is 9.10. The van der Waals surface area contributed by atoms with Crippen molar-refractivity contribution in [2.45, 2.75) is 13.0 Å². The SMILES string of the molecule is CON(C)C(=O)c1cc(Br)nn1CCc1cccc(C(=O)O)c1N. The zero-order valence-corrected chi connectivity index (χ0v) is 14.8. The number of hydrogen-bond acceptors (Lipinski definition) is 5. The first-order valence-electron chi connectivity index (χ1n) is 7.01. The van der Waals surface area contributed by atoms with Crippen LogP contribution < -0.4 is 5.73 Å². The molecule has 1 aromatic carbocycles. The zero-order valence-electron chi connectivity index (χ0n) is 13.2. The Labute approximate surface area is 146 Å². The predicted octanol–water partition coefficient (Wildman–Crippen LogP) is 1.80. The number of aryl methyl sites for hydroxylation is 2. The molecule has 0 bridgehead atoms. The van der Waals surface area contributed by atoms with Crippen LogP contribution in [-0.4, -0.2) is 46.0 Å². The van der Waals surface area contributed by atoms with Crippen LogP contribution in [0.1, 0.15) is 26.4 Å². The Bertz CT molecular complexity index is 775. The number of carbonyl (C=O) groups is 2. The Morgan fingerprint density at radius 2 is 2.17 bits per heavy atom. The molecule has 0 unspecified atom stereocenters. The summed E-state index contributed by atoms with van der Waals surface area (Å²) < 4.78 is 2.04. The van der Waals surface area contributed by atoms with Gasteiger partial charge in [-0.05, 0) is 34.0 Å². The van der Waals surface area contributed by atoms with Crippen LogP contribution in [0.3, 0.4) is 0 Å². The van der Waals surface area contributed by atoms with Crippen molar-refractivity contribution >= 4 is 33.5 Å². The summed E-state index contributed by atoms with van der Waals surface area (Å²) >= 11 is 3.25. The summed E-state index contributed by atoms with van der Waals surface area (Å²) in [7, 11) is 2.90. The number of rotatable bonds is 6. The van der Waals surface area contributed by atoms with Gasteiger partial charge < -0.3 is 10.8 Å². The second kappa shape index (κ2) is 7.45. The van der Waals surface area contributed by atoms with Gasteiger partial charge in [-0.3, -0.25) is 14.3 Å². The van der Waals surface area contributed by atoms with Crippen LogP contribution in [0.4, 0.5) is 5.69 Å². The number of benzene rings is 1. The molecule has 3 N–H and O–H groups in total. The van der Waals surface area contributed by atoms with E-state index in [2.05, 4.69) is 21.0 Å². The minimum atomic E-state index is -1.08. The maximum Gasteiger partial charge on any atom is 0.337 e. The number of amides is 1. The summed E-state index contributed by atoms with van der Waals surface area (Å²) in [6.45, 7) is 0.359. The second-order valence-corrected chi connectivity index (χ2v) is 5.81. The van der Waals surface area contributed by atoms with E-state index in [1.54, 1.807) is 18.2 Å². The molecular weight excluding hydrogens is 380 g/mol. The Hall–Kier alpha value is -2.39. The lowest BCUT2D eigenvalue weighted by Crippen LogP contribution is -2.28. The van der Waals surface area contributed by atoms with Gasteiger partial charge in [0, 0.05) is 25.3 Å². The van der Waals surface area contributed by atoms with Crippen molar-refractivity contribution in [3.63, 3.8) is 0 Å². The van der Waals surface area contributed by atoms with Crippen molar-refractivity contribution in [2.24, 2.45) is 0 Å². The monoisotopic (exact) mass is 396 g/mol. The minimum Gasteiger partial charge on any atom is -0.478 e. The Morgan fingerprint density at radius 1 is 1.46 bits per heavy atom. The largest absolute Gasteiger partial charge is 0.478 e. The molecule has 1 amide bonds. The quantitative estimate of drug-likeness (QED) is 0.568. The normalized spacial score (nSPS) is 10.6. The molecule has 128 valence electrons. The standard InChI is InChI=1S/C15H17BrN4O4/c1-19(24-2)14(21)11-8-12(16)18-20(11)7-6-9-4-3-5-10(13(9)17)15(22)23/h3-5,8H,6-7,17H2,1-2H3,(H,22,23). The third-order valence-electron chi connectivity index (χ3n) is 3.55. The van der Waals surface area contributed by atoms with Crippen molar-refractivity contribution in [2.75, 3.05) is 19.9 Å². The van der Waals surface area contributed by atoms with Crippen molar-refractivity contribution < 1.29 is 19.5 Å². The fourth-order valence-electron chi connectivity index (χ4n) is 2.22. The van der Waals surface area contributed by atoms with E-state index in [0.29, 0.717) is 28.8 Å². The molecule has 0 aliphatic heterocycles. The van der Waals surface area contributed by atoms with E-state index in [1.165, 1.54) is 24.9 Å². The molecule has 0 aliphatic carbocycles. The fourth-order valence-corrected chi connectivity index (χ4v) is 2.62. The van der Waals surface area contributed by atoms with Gasteiger partial charge >= 0.3 is 5.97 Å². The van der Waals surface area contributed by atoms with E-state index >= 15 is 0 Å². The van der Waals surface area contributed by atoms with Crippen molar-refractivity contribution in [3.8, 4) is 0 Å². The van der Waals surface area contributed by atoms with Crippen LogP contribution in [0.5, 0.6) is 0 Å². The third-order valence-corrected chi connectivity index (χ3v) is 3.94. The van der Waals surface area contributed by atoms with Gasteiger partial charge in [-0.2, -0.15) is 5.10 Å². The average Bonchev–Trinajstić information content (AvgIpc) is 2.92. The van der Waals surface area contributed by atoms with E-state index in [0.717, 1.165) is 5.06 Å². The summed E-state index contributed by atoms with van der Waals surface area (Å²) in [6, 6.07) is 6.44. The number of carbonyl (C=O) groups excluding carboxylic acids is 1. The van der Waals surface area contributed by atoms with Gasteiger partial charge in [0.25, 0.3) is 5.91 Å². The molecule has 0 saturated carbocycles. The molecule has 0 spiro atoms. The van der Waals surface area contributed by atoms with Crippen LogP contribution in [-0.2, 0) is 17.8 Å². The van der Waals surface area contributed by atoms with E-state index in [-0.39, 0.29) is 17.2 Å². The Morgan fingerprint density at radius 3 is 2.79 bits per heavy atom. The zero-order chi connectivity index (χ0) is 17.9. The Kier molecular flexibility index (Phi) is 5.58. The van der Waals surface area contributed by atoms with Crippen LogP contribution in [0.25, 0.3) is 0 Å². The van der Waals surface area contributed by atoms with Crippen LogP contribution in [0, 0.1) is 0 Å². The molecule has 8 nitrogen and oxygen atoms in total. The van der Waals surface area contributed by atoms with Crippen molar-refractivity contribution in [1.29, 1.82) is 0 Å². The molecule has 9 heteroatoms. The molecule has 1 aromatic heterocycles. The molecule has 0 fully saturated rings. The first-order valence-corrected chi connectivity index (χ1v) is 7.80. The van der Waals surface area contributed by atoms with E-state index in [9.17, 15) is 9.59 Å². The van der Waals surface area contributed by atoms with Crippen LogP contribution in [0.2, 0.25) is 0 Å². The number of aromatic carboxylic acids is 1. The topological polar surface area (TPSA) is 111 Å². The predicted molar refractivity (Wildman–Crippen MR) is 90.5 cm³/mol. The molecule has 2 rings (SSSR count). The summed E-state index contributed by atoms with van der Waals surface area (Å²) in [5.74, 6) is -1.42. The Balaban J connectivity index is 2.23. The smallest absolute Gasteiger partial charge is 0.337 e. The molecule has 0 atom stereocenters. The third kappa shape index (κ3) is 3.74. The maximum absolute atomic E-state index is 12.2. The lowest BCUT2D eigenvalue weighted by Gasteiger charge is -2.15. The molecule has 0 aliphatic rings. The molecule has 1 heterocycles. The van der Waals surface area contributed by atoms with E-state index in [1.807, 2.05) is 0 Å². The van der Waals surface area contributed by atoms with Gasteiger partial charge in [0.2, 0.25) is 0 Å². The number of hydroxylamine groups is 2. The van der Waals surface area contributed by atoms with Crippen molar-refractivity contribution in [3.05, 3.63) is 45.7 Å². The van der Waals surface area contributed by atoms with Gasteiger partial charge in [-0.25, -0.2) is 9.86 Å². The van der Waals surface area contributed by atoms with Gasteiger partial charge in [-0.1, -0.05) is 12.1 Å². The number of halogens is 1. The number of hydrogen-bond donors (Lipinski definition) is 2. The summed E-state index contributed by atoms with van der Waals surface area (Å²) in [4.78, 5) is 28.3. The fraction of sp³-hybridized carbons (Fsp3) is 0.267. The minimum absolute atomic E-state index is 0.0598. The number of anilines is 1. The lowest BCUT2D eigenvalue weighted by atomic mass is 10.0. The number of carboxylic acid groups (broad SMARTS) is 1. The highest BCUT2D eigenvalue weighted by Gasteiger charge is 2.19. The number of carboxylic acids is 1. The van der Waals surface area contributed by atoms with Gasteiger partial charge in [0.15, 0.2) is 0 Å². The number of nitrogens with zero attached hydrogens (tertiary/aromatic N) is 3. The molecule has 0 saturated heterocycles. The van der Waals surface area contributed by atoms with Gasteiger partial charge in [0.05, 0.1) is 12.7 Å². The molecule has 24 heavy (non-hydrogen) atoms. The van der Waals surface area contributed by atoms with E-state index < -0.39 is 5.97 Å². The highest BCUT2D eigenvalue weighted by Crippen LogP contribution is 2.20. The number of aromatic nitrogens is 2. The molecular formula is C15H17BrN4O4. The summed E-state index contributed by atoms with van der Waals surface area (Å²) in [6.07, 6.45) is 0.429. The number of nitrogens with two attached hydrogens (primary N) is 1. The van der Waals surface area contributed by atoms with Gasteiger partial charge in [0.1, 0.15) is 10.3 Å². The van der Waals surface area contributed by atoms with Crippen molar-refractivity contribution in [1.82, 2.24) is 14.8 Å². The number of para-hydroxylation sites is 1. The van der Waals surface area contributed by atoms with Gasteiger partial charge in [-0.15, -0.1) is 0 Å². The second-order valence-electron chi connectivity index (χ2n) is 4.99. The van der Waals surface area contributed by atoms with E-state index in [4.69, 9.17) is 15.7 Å². The maximum atomic E-state index is 12.2. The first-order chi connectivity index (χ1) is 11.3. The van der Waals surface area contributed by atoms with Crippen LogP contribution >= 0.6 is 15.9 Å². The molecule has 0 radical (unpaired) electrons. The highest BCUT2D eigenvalue weighted by atomic mass is 79.9. The number of nitrogen functional groups attached to an aromatic ring is 1. The first kappa shape index (κ1) is 18.0. The lowest BCUT2D eigenvalue weighted by molar-refractivity contribution is -0.0763. The molecule has 2 aromatic rings. The van der Waals surface area contributed by atoms with Crippen LogP contribution in [0.15, 0.2) is 28.9 Å².